The second-order valence-electron chi connectivity index (χ2n) is 8.59. The van der Waals surface area contributed by atoms with E-state index in [0.29, 0.717) is 37.2 Å². The first-order valence-electron chi connectivity index (χ1n) is 11.3. The van der Waals surface area contributed by atoms with Gasteiger partial charge in [-0.05, 0) is 49.8 Å². The Kier molecular flexibility index (Phi) is 5.85. The molecule has 0 aliphatic heterocycles. The van der Waals surface area contributed by atoms with Crippen molar-refractivity contribution in [3.05, 3.63) is 82.9 Å². The maximum absolute atomic E-state index is 13.5. The maximum Gasteiger partial charge on any atom is 0.435 e. The Labute approximate surface area is 194 Å². The van der Waals surface area contributed by atoms with E-state index in [4.69, 9.17) is 0 Å². The van der Waals surface area contributed by atoms with E-state index in [0.717, 1.165) is 23.0 Å². The van der Waals surface area contributed by atoms with Crippen LogP contribution < -0.4 is 5.32 Å². The number of halogens is 3. The maximum atomic E-state index is 13.5. The zero-order valence-corrected chi connectivity index (χ0v) is 18.4. The van der Waals surface area contributed by atoms with Crippen molar-refractivity contribution in [3.8, 4) is 0 Å². The molecule has 0 saturated heterocycles. The first-order valence-corrected chi connectivity index (χ1v) is 11.3. The highest BCUT2D eigenvalue weighted by Crippen LogP contribution is 2.35. The first-order chi connectivity index (χ1) is 16.4. The van der Waals surface area contributed by atoms with Gasteiger partial charge in [0.2, 0.25) is 5.91 Å². The van der Waals surface area contributed by atoms with E-state index >= 15 is 0 Å². The van der Waals surface area contributed by atoms with Gasteiger partial charge in [-0.3, -0.25) is 9.48 Å². The van der Waals surface area contributed by atoms with Crippen molar-refractivity contribution in [2.45, 2.75) is 50.9 Å². The topological polar surface area (TPSA) is 75.6 Å². The molecule has 176 valence electrons. The van der Waals surface area contributed by atoms with Crippen LogP contribution >= 0.6 is 0 Å². The summed E-state index contributed by atoms with van der Waals surface area (Å²) < 4.78 is 41.8. The van der Waals surface area contributed by atoms with Gasteiger partial charge in [0.15, 0.2) is 5.69 Å². The average molecular weight is 467 g/mol. The van der Waals surface area contributed by atoms with Crippen molar-refractivity contribution < 1.29 is 18.0 Å². The summed E-state index contributed by atoms with van der Waals surface area (Å²) in [5.74, 6) is 0.183. The molecule has 2 heterocycles. The van der Waals surface area contributed by atoms with E-state index in [9.17, 15) is 18.0 Å². The summed E-state index contributed by atoms with van der Waals surface area (Å²) in [6, 6.07) is 16.8. The number of carbonyl (C=O) groups is 1. The minimum atomic E-state index is -4.53. The standard InChI is InChI=1S/C25H24F3N5O/c26-25(27,28)23-17-10-4-7-13-21(17)33(32-23)15-22(34)29-20(14-16-8-2-1-3-9-16)24-30-18-11-5-6-12-19(18)31-24/h1-3,5-6,8-9,11-12,20H,4,7,10,13-15H2,(H,29,34)(H,30,31). The van der Waals surface area contributed by atoms with Crippen LogP contribution in [0, 0.1) is 0 Å². The number of imidazole rings is 1. The summed E-state index contributed by atoms with van der Waals surface area (Å²) >= 11 is 0. The number of hydrogen-bond donors (Lipinski definition) is 2. The number of para-hydroxylation sites is 2. The van der Waals surface area contributed by atoms with E-state index < -0.39 is 23.8 Å². The predicted molar refractivity (Wildman–Crippen MR) is 121 cm³/mol. The molecule has 4 aromatic rings. The van der Waals surface area contributed by atoms with Crippen LogP contribution in [0.4, 0.5) is 13.2 Å². The number of aromatic nitrogens is 4. The van der Waals surface area contributed by atoms with Crippen molar-refractivity contribution in [3.63, 3.8) is 0 Å². The fourth-order valence-electron chi connectivity index (χ4n) is 4.61. The van der Waals surface area contributed by atoms with Crippen LogP contribution in [0.15, 0.2) is 54.6 Å². The molecule has 2 N–H and O–H groups in total. The van der Waals surface area contributed by atoms with Gasteiger partial charge in [0.25, 0.3) is 0 Å². The number of H-pyrrole nitrogens is 1. The van der Waals surface area contributed by atoms with Crippen LogP contribution in [-0.4, -0.2) is 25.7 Å². The molecule has 34 heavy (non-hydrogen) atoms. The fourth-order valence-corrected chi connectivity index (χ4v) is 4.61. The number of carbonyl (C=O) groups excluding carboxylic acids is 1. The van der Waals surface area contributed by atoms with Crippen molar-refractivity contribution in [1.29, 1.82) is 0 Å². The van der Waals surface area contributed by atoms with Crippen LogP contribution in [0.5, 0.6) is 0 Å². The van der Waals surface area contributed by atoms with Crippen LogP contribution in [0.3, 0.4) is 0 Å². The smallest absolute Gasteiger partial charge is 0.344 e. The third kappa shape index (κ3) is 4.55. The minimum absolute atomic E-state index is 0.227. The molecule has 2 aromatic carbocycles. The highest BCUT2D eigenvalue weighted by atomic mass is 19.4. The largest absolute Gasteiger partial charge is 0.435 e. The number of nitrogens with one attached hydrogen (secondary N) is 2. The van der Waals surface area contributed by atoms with Crippen molar-refractivity contribution in [1.82, 2.24) is 25.1 Å². The Hall–Kier alpha value is -3.62. The van der Waals surface area contributed by atoms with Crippen molar-refractivity contribution in [2.75, 3.05) is 0 Å². The van der Waals surface area contributed by atoms with Gasteiger partial charge in [0, 0.05) is 11.3 Å². The molecule has 1 aliphatic rings. The number of fused-ring (bicyclic) bond motifs is 2. The molecular weight excluding hydrogens is 443 g/mol. The van der Waals surface area contributed by atoms with Crippen molar-refractivity contribution >= 4 is 16.9 Å². The van der Waals surface area contributed by atoms with Gasteiger partial charge in [-0.25, -0.2) is 4.98 Å². The third-order valence-electron chi connectivity index (χ3n) is 6.17. The molecule has 1 aliphatic carbocycles. The molecule has 0 radical (unpaired) electrons. The van der Waals surface area contributed by atoms with Crippen LogP contribution in [0.2, 0.25) is 0 Å². The molecule has 6 nitrogen and oxygen atoms in total. The second kappa shape index (κ2) is 8.96. The SMILES string of the molecule is O=C(Cn1nc(C(F)(F)F)c2c1CCCC2)NC(Cc1ccccc1)c1nc2ccccc2[nH]1. The molecule has 1 unspecified atom stereocenters. The molecule has 2 aromatic heterocycles. The highest BCUT2D eigenvalue weighted by Gasteiger charge is 2.39. The molecule has 1 atom stereocenters. The van der Waals surface area contributed by atoms with E-state index in [-0.39, 0.29) is 12.1 Å². The zero-order chi connectivity index (χ0) is 23.7. The Morgan fingerprint density at radius 3 is 2.56 bits per heavy atom. The number of hydrogen-bond acceptors (Lipinski definition) is 3. The molecule has 0 fully saturated rings. The summed E-state index contributed by atoms with van der Waals surface area (Å²) in [6.07, 6.45) is -1.75. The van der Waals surface area contributed by atoms with Gasteiger partial charge >= 0.3 is 6.18 Å². The Balaban J connectivity index is 1.41. The predicted octanol–water partition coefficient (Wildman–Crippen LogP) is 4.76. The normalized spacial score (nSPS) is 14.7. The fraction of sp³-hybridized carbons (Fsp3) is 0.320. The number of amides is 1. The van der Waals surface area contributed by atoms with Crippen LogP contribution in [-0.2, 0) is 36.8 Å². The van der Waals surface area contributed by atoms with Gasteiger partial charge in [-0.1, -0.05) is 42.5 Å². The lowest BCUT2D eigenvalue weighted by atomic mass is 9.95. The number of rotatable bonds is 6. The average Bonchev–Trinajstić information content (AvgIpc) is 3.41. The quantitative estimate of drug-likeness (QED) is 0.430. The van der Waals surface area contributed by atoms with E-state index in [1.54, 1.807) is 0 Å². The van der Waals surface area contributed by atoms with E-state index in [1.165, 1.54) is 4.68 Å². The van der Waals surface area contributed by atoms with Gasteiger partial charge in [-0.2, -0.15) is 18.3 Å². The summed E-state index contributed by atoms with van der Waals surface area (Å²) in [5, 5.41) is 6.78. The van der Waals surface area contributed by atoms with E-state index in [1.807, 2.05) is 54.6 Å². The van der Waals surface area contributed by atoms with Gasteiger partial charge in [0.1, 0.15) is 12.4 Å². The molecule has 9 heteroatoms. The van der Waals surface area contributed by atoms with Gasteiger partial charge in [-0.15, -0.1) is 0 Å². The van der Waals surface area contributed by atoms with Crippen LogP contribution in [0.25, 0.3) is 11.0 Å². The molecular formula is C25H24F3N5O. The number of benzene rings is 2. The number of nitrogens with zero attached hydrogens (tertiary/aromatic N) is 3. The zero-order valence-electron chi connectivity index (χ0n) is 18.4. The lowest BCUT2D eigenvalue weighted by Gasteiger charge is -2.18. The van der Waals surface area contributed by atoms with Crippen molar-refractivity contribution in [2.24, 2.45) is 0 Å². The molecule has 0 bridgehead atoms. The number of alkyl halides is 3. The molecule has 0 spiro atoms. The Morgan fingerprint density at radius 1 is 1.06 bits per heavy atom. The number of aromatic amines is 1. The second-order valence-corrected chi connectivity index (χ2v) is 8.59. The van der Waals surface area contributed by atoms with Gasteiger partial charge < -0.3 is 10.3 Å². The summed E-state index contributed by atoms with van der Waals surface area (Å²) in [7, 11) is 0. The molecule has 5 rings (SSSR count). The highest BCUT2D eigenvalue weighted by molar-refractivity contribution is 5.77. The summed E-state index contributed by atoms with van der Waals surface area (Å²) in [5.41, 5.74) is 2.50. The van der Waals surface area contributed by atoms with Crippen LogP contribution in [0.1, 0.15) is 47.2 Å². The third-order valence-corrected chi connectivity index (χ3v) is 6.17. The monoisotopic (exact) mass is 467 g/mol. The summed E-state index contributed by atoms with van der Waals surface area (Å²) in [4.78, 5) is 20.9. The lowest BCUT2D eigenvalue weighted by Crippen LogP contribution is -2.34. The molecule has 0 saturated carbocycles. The Bertz CT molecular complexity index is 1280. The first kappa shape index (κ1) is 22.2. The lowest BCUT2D eigenvalue weighted by molar-refractivity contribution is -0.142. The summed E-state index contributed by atoms with van der Waals surface area (Å²) in [6.45, 7) is -0.274. The van der Waals surface area contributed by atoms with Gasteiger partial charge in [0.05, 0.1) is 17.1 Å². The minimum Gasteiger partial charge on any atom is -0.344 e. The van der Waals surface area contributed by atoms with E-state index in [2.05, 4.69) is 20.4 Å². The Morgan fingerprint density at radius 2 is 1.79 bits per heavy atom. The molecule has 1 amide bonds.